The minimum absolute atomic E-state index is 0.00184. The van der Waals surface area contributed by atoms with Crippen molar-refractivity contribution >= 4 is 27.5 Å². The lowest BCUT2D eigenvalue weighted by atomic mass is 9.97. The molecule has 178 valence electrons. The molecule has 2 aromatic carbocycles. The van der Waals surface area contributed by atoms with Crippen LogP contribution in [-0.4, -0.2) is 56.3 Å². The van der Waals surface area contributed by atoms with Crippen molar-refractivity contribution < 1.29 is 13.2 Å². The lowest BCUT2D eigenvalue weighted by Gasteiger charge is -2.32. The summed E-state index contributed by atoms with van der Waals surface area (Å²) in [5.41, 5.74) is 1.90. The Balaban J connectivity index is 1.31. The van der Waals surface area contributed by atoms with Crippen molar-refractivity contribution in [2.75, 3.05) is 32.7 Å². The van der Waals surface area contributed by atoms with Crippen LogP contribution in [0.3, 0.4) is 0 Å². The second-order valence-corrected chi connectivity index (χ2v) is 11.4. The van der Waals surface area contributed by atoms with Gasteiger partial charge in [-0.3, -0.25) is 9.69 Å². The van der Waals surface area contributed by atoms with Crippen LogP contribution in [0.4, 0.5) is 0 Å². The molecule has 2 heterocycles. The van der Waals surface area contributed by atoms with Crippen LogP contribution in [-0.2, 0) is 20.6 Å². The number of sulfonamides is 1. The van der Waals surface area contributed by atoms with E-state index in [0.29, 0.717) is 37.5 Å². The highest BCUT2D eigenvalue weighted by molar-refractivity contribution is 7.88. The third-order valence-electron chi connectivity index (χ3n) is 6.69. The topological polar surface area (TPSA) is 69.7 Å². The fourth-order valence-electron chi connectivity index (χ4n) is 4.84. The van der Waals surface area contributed by atoms with E-state index in [1.807, 2.05) is 48.5 Å². The number of nitrogens with zero attached hydrogens (tertiary/aromatic N) is 2. The van der Waals surface area contributed by atoms with Crippen molar-refractivity contribution in [1.29, 1.82) is 0 Å². The van der Waals surface area contributed by atoms with Gasteiger partial charge in [-0.2, -0.15) is 0 Å². The molecule has 0 aliphatic carbocycles. The first-order chi connectivity index (χ1) is 15.9. The lowest BCUT2D eigenvalue weighted by molar-refractivity contribution is -0.126. The zero-order valence-corrected chi connectivity index (χ0v) is 20.4. The number of carbonyl (C=O) groups excluding carboxylic acids is 1. The smallest absolute Gasteiger partial charge is 0.223 e. The maximum atomic E-state index is 12.9. The van der Waals surface area contributed by atoms with Crippen LogP contribution in [0, 0.1) is 5.92 Å². The van der Waals surface area contributed by atoms with Crippen molar-refractivity contribution in [2.45, 2.75) is 37.5 Å². The van der Waals surface area contributed by atoms with Gasteiger partial charge in [-0.15, -0.1) is 0 Å². The molecule has 0 saturated carbocycles. The van der Waals surface area contributed by atoms with Crippen LogP contribution in [0.15, 0.2) is 54.6 Å². The molecule has 2 saturated heterocycles. The maximum Gasteiger partial charge on any atom is 0.223 e. The molecular formula is C25H32ClN3O3S. The predicted octanol–water partition coefficient (Wildman–Crippen LogP) is 3.84. The summed E-state index contributed by atoms with van der Waals surface area (Å²) < 4.78 is 27.1. The second kappa shape index (κ2) is 11.0. The normalized spacial score (nSPS) is 19.4. The Bertz CT molecular complexity index is 1030. The van der Waals surface area contributed by atoms with Gasteiger partial charge in [0.15, 0.2) is 0 Å². The Labute approximate surface area is 202 Å². The van der Waals surface area contributed by atoms with Crippen LogP contribution in [0.2, 0.25) is 5.02 Å². The van der Waals surface area contributed by atoms with E-state index in [2.05, 4.69) is 16.3 Å². The van der Waals surface area contributed by atoms with Crippen LogP contribution in [0.5, 0.6) is 0 Å². The number of piperidine rings is 1. The van der Waals surface area contributed by atoms with Gasteiger partial charge in [-0.25, -0.2) is 12.7 Å². The Morgan fingerprint density at radius 3 is 2.36 bits per heavy atom. The predicted molar refractivity (Wildman–Crippen MR) is 131 cm³/mol. The Kier molecular flexibility index (Phi) is 8.07. The number of hydrogen-bond acceptors (Lipinski definition) is 4. The van der Waals surface area contributed by atoms with E-state index in [1.54, 1.807) is 0 Å². The van der Waals surface area contributed by atoms with E-state index in [9.17, 15) is 13.2 Å². The van der Waals surface area contributed by atoms with Gasteiger partial charge in [0.1, 0.15) is 0 Å². The van der Waals surface area contributed by atoms with Crippen molar-refractivity contribution in [2.24, 2.45) is 5.92 Å². The van der Waals surface area contributed by atoms with Gasteiger partial charge in [-0.05, 0) is 62.0 Å². The first kappa shape index (κ1) is 24.2. The highest BCUT2D eigenvalue weighted by Crippen LogP contribution is 2.27. The minimum atomic E-state index is -3.38. The first-order valence-corrected chi connectivity index (χ1v) is 13.7. The molecule has 1 N–H and O–H groups in total. The quantitative estimate of drug-likeness (QED) is 0.611. The van der Waals surface area contributed by atoms with Crippen LogP contribution >= 0.6 is 11.6 Å². The maximum absolute atomic E-state index is 12.9. The van der Waals surface area contributed by atoms with Gasteiger partial charge < -0.3 is 5.32 Å². The molecule has 8 heteroatoms. The molecule has 2 aliphatic heterocycles. The summed E-state index contributed by atoms with van der Waals surface area (Å²) >= 11 is 6.22. The number of carbonyl (C=O) groups is 1. The fourth-order valence-corrected chi connectivity index (χ4v) is 6.60. The van der Waals surface area contributed by atoms with Crippen molar-refractivity contribution in [1.82, 2.24) is 14.5 Å². The zero-order chi connectivity index (χ0) is 23.3. The summed E-state index contributed by atoms with van der Waals surface area (Å²) in [6.45, 7) is 3.34. The fraction of sp³-hybridized carbons (Fsp3) is 0.480. The third kappa shape index (κ3) is 6.35. The molecule has 1 unspecified atom stereocenters. The van der Waals surface area contributed by atoms with E-state index in [4.69, 9.17) is 11.6 Å². The first-order valence-electron chi connectivity index (χ1n) is 11.7. The van der Waals surface area contributed by atoms with E-state index < -0.39 is 10.0 Å². The standard InChI is InChI=1S/C25H32ClN3O3S/c26-23-10-6-9-22(17-23)24(28-13-4-5-14-28)18-27-25(30)21-11-15-29(16-12-21)33(31,32)19-20-7-2-1-3-8-20/h1-3,6-10,17,21,24H,4-5,11-16,18-19H2,(H,27,30). The Morgan fingerprint density at radius 1 is 1.00 bits per heavy atom. The van der Waals surface area contributed by atoms with Gasteiger partial charge in [0.05, 0.1) is 11.8 Å². The number of halogens is 1. The number of likely N-dealkylation sites (tertiary alicyclic amines) is 1. The summed E-state index contributed by atoms with van der Waals surface area (Å²) in [4.78, 5) is 15.3. The van der Waals surface area contributed by atoms with E-state index >= 15 is 0 Å². The molecule has 0 spiro atoms. The number of nitrogens with one attached hydrogen (secondary N) is 1. The van der Waals surface area contributed by atoms with E-state index in [-0.39, 0.29) is 23.6 Å². The van der Waals surface area contributed by atoms with Gasteiger partial charge in [0.2, 0.25) is 15.9 Å². The number of amides is 1. The number of benzene rings is 2. The molecule has 4 rings (SSSR count). The van der Waals surface area contributed by atoms with Crippen molar-refractivity contribution in [3.05, 3.63) is 70.7 Å². The third-order valence-corrected chi connectivity index (χ3v) is 8.78. The molecule has 33 heavy (non-hydrogen) atoms. The summed E-state index contributed by atoms with van der Waals surface area (Å²) in [7, 11) is -3.38. The monoisotopic (exact) mass is 489 g/mol. The Morgan fingerprint density at radius 2 is 1.70 bits per heavy atom. The molecule has 2 aliphatic rings. The van der Waals surface area contributed by atoms with Crippen LogP contribution < -0.4 is 5.32 Å². The molecule has 1 atom stereocenters. The van der Waals surface area contributed by atoms with Crippen LogP contribution in [0.25, 0.3) is 0 Å². The summed E-state index contributed by atoms with van der Waals surface area (Å²) in [5, 5.41) is 3.85. The van der Waals surface area contributed by atoms with Gasteiger partial charge >= 0.3 is 0 Å². The van der Waals surface area contributed by atoms with Crippen molar-refractivity contribution in [3.63, 3.8) is 0 Å². The molecule has 2 aromatic rings. The average molecular weight is 490 g/mol. The largest absolute Gasteiger partial charge is 0.354 e. The highest BCUT2D eigenvalue weighted by Gasteiger charge is 2.32. The Hall–Kier alpha value is -1.93. The number of rotatable bonds is 8. The summed E-state index contributed by atoms with van der Waals surface area (Å²) in [6, 6.07) is 17.2. The van der Waals surface area contributed by atoms with Gasteiger partial charge in [-0.1, -0.05) is 54.1 Å². The molecule has 0 radical (unpaired) electrons. The van der Waals surface area contributed by atoms with Gasteiger partial charge in [0.25, 0.3) is 0 Å². The zero-order valence-electron chi connectivity index (χ0n) is 18.8. The minimum Gasteiger partial charge on any atom is -0.354 e. The molecule has 0 bridgehead atoms. The molecular weight excluding hydrogens is 458 g/mol. The van der Waals surface area contributed by atoms with E-state index in [1.165, 1.54) is 17.1 Å². The molecule has 0 aromatic heterocycles. The van der Waals surface area contributed by atoms with Crippen molar-refractivity contribution in [3.8, 4) is 0 Å². The summed E-state index contributed by atoms with van der Waals surface area (Å²) in [6.07, 6.45) is 3.43. The molecule has 2 fully saturated rings. The van der Waals surface area contributed by atoms with Gasteiger partial charge in [0, 0.05) is 30.6 Å². The van der Waals surface area contributed by atoms with E-state index in [0.717, 1.165) is 24.2 Å². The van der Waals surface area contributed by atoms with Crippen LogP contribution in [0.1, 0.15) is 42.9 Å². The molecule has 6 nitrogen and oxygen atoms in total. The lowest BCUT2D eigenvalue weighted by Crippen LogP contribution is -2.45. The summed E-state index contributed by atoms with van der Waals surface area (Å²) in [5.74, 6) is -0.143. The molecule has 1 amide bonds. The second-order valence-electron chi connectivity index (χ2n) is 8.97. The average Bonchev–Trinajstić information content (AvgIpc) is 3.34. The SMILES string of the molecule is O=C(NCC(c1cccc(Cl)c1)N1CCCC1)C1CCN(S(=O)(=O)Cc2ccccc2)CC1. The highest BCUT2D eigenvalue weighted by atomic mass is 35.5. The number of hydrogen-bond donors (Lipinski definition) is 1.